The van der Waals surface area contributed by atoms with Crippen molar-refractivity contribution < 1.29 is 0 Å². The largest absolute Gasteiger partial charge is 0.367 e. The quantitative estimate of drug-likeness (QED) is 0.698. The van der Waals surface area contributed by atoms with Crippen molar-refractivity contribution in [2.24, 2.45) is 0 Å². The maximum absolute atomic E-state index is 5.07. The number of likely N-dealkylation sites (N-methyl/N-ethyl adjacent to an activating group) is 1. The van der Waals surface area contributed by atoms with Gasteiger partial charge in [0.1, 0.15) is 5.82 Å². The second-order valence-corrected chi connectivity index (χ2v) is 9.07. The average Bonchev–Trinajstić information content (AvgIpc) is 3.19. The molecule has 2 aliphatic rings. The van der Waals surface area contributed by atoms with Crippen molar-refractivity contribution in [1.82, 2.24) is 19.8 Å². The molecular formula is C25H33N5. The molecule has 5 rings (SSSR count). The molecule has 1 aromatic heterocycles. The Kier molecular flexibility index (Phi) is 5.25. The Morgan fingerprint density at radius 2 is 1.67 bits per heavy atom. The molecule has 158 valence electrons. The number of H-pyrrole nitrogens is 1. The van der Waals surface area contributed by atoms with E-state index in [1.54, 1.807) is 0 Å². The third-order valence-electron chi connectivity index (χ3n) is 7.16. The number of rotatable bonds is 3. The van der Waals surface area contributed by atoms with E-state index in [0.29, 0.717) is 12.1 Å². The monoisotopic (exact) mass is 403 g/mol. The molecule has 3 aromatic rings. The van der Waals surface area contributed by atoms with Crippen LogP contribution in [0.2, 0.25) is 0 Å². The van der Waals surface area contributed by atoms with Crippen LogP contribution >= 0.6 is 0 Å². The molecule has 30 heavy (non-hydrogen) atoms. The van der Waals surface area contributed by atoms with Gasteiger partial charge in [0.25, 0.3) is 0 Å². The molecule has 2 atom stereocenters. The lowest BCUT2D eigenvalue weighted by Crippen LogP contribution is -2.44. The lowest BCUT2D eigenvalue weighted by atomic mass is 9.89. The fourth-order valence-electron chi connectivity index (χ4n) is 5.30. The second-order valence-electron chi connectivity index (χ2n) is 9.07. The van der Waals surface area contributed by atoms with Crippen LogP contribution < -0.4 is 4.90 Å². The fourth-order valence-corrected chi connectivity index (χ4v) is 5.30. The van der Waals surface area contributed by atoms with Crippen molar-refractivity contribution in [3.63, 3.8) is 0 Å². The zero-order chi connectivity index (χ0) is 20.7. The first kappa shape index (κ1) is 19.6. The number of aryl methyl sites for hydroxylation is 1. The minimum atomic E-state index is 0.330. The first-order valence-corrected chi connectivity index (χ1v) is 11.3. The molecule has 2 aromatic carbocycles. The summed E-state index contributed by atoms with van der Waals surface area (Å²) in [4.78, 5) is 16.3. The highest BCUT2D eigenvalue weighted by molar-refractivity contribution is 5.89. The van der Waals surface area contributed by atoms with Crippen LogP contribution in [0.5, 0.6) is 0 Å². The van der Waals surface area contributed by atoms with E-state index in [4.69, 9.17) is 4.98 Å². The van der Waals surface area contributed by atoms with Crippen LogP contribution in [0.4, 0.5) is 5.69 Å². The molecule has 2 fully saturated rings. The number of nitrogens with zero attached hydrogens (tertiary/aromatic N) is 4. The SMILES string of the molecule is Cc1ccccc1[C@@H]1CCC[C@H](c2nc3cccc(N4CCN(C)CC4)c3[nH]2)N1C. The summed E-state index contributed by atoms with van der Waals surface area (Å²) in [5.41, 5.74) is 6.43. The van der Waals surface area contributed by atoms with Gasteiger partial charge in [-0.25, -0.2) is 4.98 Å². The number of aromatic amines is 1. The Labute approximate surface area is 179 Å². The van der Waals surface area contributed by atoms with Crippen LogP contribution in [-0.4, -0.2) is 60.0 Å². The Morgan fingerprint density at radius 3 is 2.47 bits per heavy atom. The topological polar surface area (TPSA) is 38.4 Å². The average molecular weight is 404 g/mol. The Morgan fingerprint density at radius 1 is 0.900 bits per heavy atom. The molecule has 5 heteroatoms. The molecule has 2 saturated heterocycles. The number of aromatic nitrogens is 2. The standard InChI is InChI=1S/C25H33N5/c1-18-8-4-5-9-19(18)21-11-7-13-23(29(21)3)25-26-20-10-6-12-22(24(20)27-25)30-16-14-28(2)15-17-30/h4-6,8-10,12,21,23H,7,11,13-17H2,1-3H3,(H,26,27)/t21-,23+/m0/s1. The van der Waals surface area contributed by atoms with Gasteiger partial charge in [0, 0.05) is 32.2 Å². The van der Waals surface area contributed by atoms with Crippen molar-refractivity contribution >= 4 is 16.7 Å². The molecule has 0 saturated carbocycles. The van der Waals surface area contributed by atoms with E-state index in [2.05, 4.69) is 83.2 Å². The first-order valence-electron chi connectivity index (χ1n) is 11.3. The molecule has 2 aliphatic heterocycles. The van der Waals surface area contributed by atoms with Gasteiger partial charge in [-0.15, -0.1) is 0 Å². The van der Waals surface area contributed by atoms with Gasteiger partial charge in [-0.1, -0.05) is 30.3 Å². The number of imidazole rings is 1. The Hall–Kier alpha value is -2.37. The predicted octanol–water partition coefficient (Wildman–Crippen LogP) is 4.52. The van der Waals surface area contributed by atoms with Gasteiger partial charge >= 0.3 is 0 Å². The molecule has 3 heterocycles. The summed E-state index contributed by atoms with van der Waals surface area (Å²) in [7, 11) is 4.48. The third-order valence-corrected chi connectivity index (χ3v) is 7.16. The van der Waals surface area contributed by atoms with E-state index in [1.807, 2.05) is 0 Å². The molecule has 0 aliphatic carbocycles. The Balaban J connectivity index is 1.46. The minimum absolute atomic E-state index is 0.330. The van der Waals surface area contributed by atoms with E-state index in [1.165, 1.54) is 35.2 Å². The molecule has 5 nitrogen and oxygen atoms in total. The van der Waals surface area contributed by atoms with Gasteiger partial charge in [0.15, 0.2) is 0 Å². The number of nitrogens with one attached hydrogen (secondary N) is 1. The molecule has 0 bridgehead atoms. The van der Waals surface area contributed by atoms with E-state index in [0.717, 1.165) is 43.9 Å². The minimum Gasteiger partial charge on any atom is -0.367 e. The summed E-state index contributed by atoms with van der Waals surface area (Å²) in [5, 5.41) is 0. The zero-order valence-corrected chi connectivity index (χ0v) is 18.4. The summed E-state index contributed by atoms with van der Waals surface area (Å²) in [6.45, 7) is 6.60. The lowest BCUT2D eigenvalue weighted by Gasteiger charge is -2.39. The van der Waals surface area contributed by atoms with Crippen LogP contribution in [0.25, 0.3) is 11.0 Å². The van der Waals surface area contributed by atoms with Crippen LogP contribution in [0.1, 0.15) is 48.3 Å². The van der Waals surface area contributed by atoms with Gasteiger partial charge in [-0.05, 0) is 63.5 Å². The van der Waals surface area contributed by atoms with E-state index in [-0.39, 0.29) is 0 Å². The van der Waals surface area contributed by atoms with Crippen molar-refractivity contribution in [1.29, 1.82) is 0 Å². The zero-order valence-electron chi connectivity index (χ0n) is 18.4. The number of piperidine rings is 1. The van der Waals surface area contributed by atoms with E-state index in [9.17, 15) is 0 Å². The van der Waals surface area contributed by atoms with Crippen LogP contribution in [-0.2, 0) is 0 Å². The second kappa shape index (κ2) is 8.05. The number of anilines is 1. The maximum Gasteiger partial charge on any atom is 0.124 e. The summed E-state index contributed by atoms with van der Waals surface area (Å²) in [5.74, 6) is 1.12. The molecular weight excluding hydrogens is 370 g/mol. The van der Waals surface area contributed by atoms with Crippen molar-refractivity contribution in [2.45, 2.75) is 38.3 Å². The number of piperazine rings is 1. The van der Waals surface area contributed by atoms with Gasteiger partial charge in [-0.2, -0.15) is 0 Å². The Bertz CT molecular complexity index is 1020. The highest BCUT2D eigenvalue weighted by Gasteiger charge is 2.32. The number of hydrogen-bond acceptors (Lipinski definition) is 4. The highest BCUT2D eigenvalue weighted by Crippen LogP contribution is 2.41. The number of likely N-dealkylation sites (tertiary alicyclic amines) is 1. The number of hydrogen-bond donors (Lipinski definition) is 1. The van der Waals surface area contributed by atoms with Gasteiger partial charge in [0.05, 0.1) is 22.8 Å². The number of benzene rings is 2. The van der Waals surface area contributed by atoms with E-state index < -0.39 is 0 Å². The molecule has 0 unspecified atom stereocenters. The first-order chi connectivity index (χ1) is 14.6. The summed E-state index contributed by atoms with van der Waals surface area (Å²) >= 11 is 0. The van der Waals surface area contributed by atoms with Gasteiger partial charge in [-0.3, -0.25) is 4.90 Å². The van der Waals surface area contributed by atoms with Crippen molar-refractivity contribution in [3.8, 4) is 0 Å². The smallest absolute Gasteiger partial charge is 0.124 e. The van der Waals surface area contributed by atoms with Gasteiger partial charge in [0.2, 0.25) is 0 Å². The van der Waals surface area contributed by atoms with Crippen LogP contribution in [0, 0.1) is 6.92 Å². The highest BCUT2D eigenvalue weighted by atomic mass is 15.3. The summed E-state index contributed by atoms with van der Waals surface area (Å²) < 4.78 is 0. The molecule has 0 radical (unpaired) electrons. The van der Waals surface area contributed by atoms with Crippen molar-refractivity contribution in [2.75, 3.05) is 45.2 Å². The van der Waals surface area contributed by atoms with Crippen LogP contribution in [0.15, 0.2) is 42.5 Å². The molecule has 0 amide bonds. The van der Waals surface area contributed by atoms with Crippen molar-refractivity contribution in [3.05, 3.63) is 59.4 Å². The molecule has 1 N–H and O–H groups in total. The number of para-hydroxylation sites is 1. The predicted molar refractivity (Wildman–Crippen MR) is 124 cm³/mol. The fraction of sp³-hybridized carbons (Fsp3) is 0.480. The normalized spacial score (nSPS) is 23.9. The lowest BCUT2D eigenvalue weighted by molar-refractivity contribution is 0.109. The molecule has 0 spiro atoms. The maximum atomic E-state index is 5.07. The van der Waals surface area contributed by atoms with E-state index >= 15 is 0 Å². The number of fused-ring (bicyclic) bond motifs is 1. The van der Waals surface area contributed by atoms with Crippen LogP contribution in [0.3, 0.4) is 0 Å². The summed E-state index contributed by atoms with van der Waals surface area (Å²) in [6.07, 6.45) is 3.60. The van der Waals surface area contributed by atoms with Gasteiger partial charge < -0.3 is 14.8 Å². The third kappa shape index (κ3) is 3.50. The summed E-state index contributed by atoms with van der Waals surface area (Å²) in [6, 6.07) is 16.2.